The Kier molecular flexibility index (Phi) is 5.38. The third-order valence-corrected chi connectivity index (χ3v) is 5.90. The van der Waals surface area contributed by atoms with Gasteiger partial charge in [0.1, 0.15) is 11.4 Å². The molecular formula is C27H20FN5O2. The zero-order valence-corrected chi connectivity index (χ0v) is 19.0. The van der Waals surface area contributed by atoms with Crippen LogP contribution in [0.5, 0.6) is 0 Å². The van der Waals surface area contributed by atoms with Crippen LogP contribution in [-0.2, 0) is 0 Å². The molecule has 2 aromatic carbocycles. The number of rotatable bonds is 4. The maximum Gasteiger partial charge on any atom is 0.264 e. The van der Waals surface area contributed by atoms with Crippen molar-refractivity contribution in [2.45, 2.75) is 19.9 Å². The first kappa shape index (κ1) is 22.0. The van der Waals surface area contributed by atoms with Gasteiger partial charge < -0.3 is 5.32 Å². The SMILES string of the molecule is C#Cc1cccc2cc([C@@H](C)NC(=O)c3c(C)nn4cccnc34)n(-c3ccc(F)cc3)c(=O)c12. The van der Waals surface area contributed by atoms with Crippen LogP contribution in [0.15, 0.2) is 71.8 Å². The zero-order chi connectivity index (χ0) is 24.7. The number of carbonyl (C=O) groups is 1. The molecule has 0 unspecified atom stereocenters. The summed E-state index contributed by atoms with van der Waals surface area (Å²) in [5.74, 6) is 1.76. The van der Waals surface area contributed by atoms with Crippen LogP contribution in [0, 0.1) is 25.1 Å². The van der Waals surface area contributed by atoms with E-state index >= 15 is 0 Å². The minimum absolute atomic E-state index is 0.350. The highest BCUT2D eigenvalue weighted by Gasteiger charge is 2.23. The van der Waals surface area contributed by atoms with Crippen LogP contribution >= 0.6 is 0 Å². The van der Waals surface area contributed by atoms with E-state index in [1.54, 1.807) is 55.0 Å². The summed E-state index contributed by atoms with van der Waals surface area (Å²) in [6.45, 7) is 3.51. The summed E-state index contributed by atoms with van der Waals surface area (Å²) < 4.78 is 16.6. The smallest absolute Gasteiger partial charge is 0.264 e. The van der Waals surface area contributed by atoms with Crippen molar-refractivity contribution in [3.63, 3.8) is 0 Å². The van der Waals surface area contributed by atoms with Crippen LogP contribution in [0.2, 0.25) is 0 Å². The normalized spacial score (nSPS) is 11.9. The van der Waals surface area contributed by atoms with Gasteiger partial charge >= 0.3 is 0 Å². The van der Waals surface area contributed by atoms with Crippen molar-refractivity contribution >= 4 is 22.3 Å². The lowest BCUT2D eigenvalue weighted by molar-refractivity contribution is 0.0939. The largest absolute Gasteiger partial charge is 0.344 e. The van der Waals surface area contributed by atoms with Crippen LogP contribution in [0.1, 0.15) is 40.3 Å². The van der Waals surface area contributed by atoms with E-state index in [4.69, 9.17) is 6.42 Å². The standard InChI is InChI=1S/C27H20FN5O2/c1-4-18-7-5-8-19-15-22(33(27(35)24(18)19)21-11-9-20(28)10-12-21)16(2)30-26(34)23-17(3)31-32-14-6-13-29-25(23)32/h1,5-16H,2-3H3,(H,30,34)/t16-/m1/s1. The maximum atomic E-state index is 13.7. The van der Waals surface area contributed by atoms with Crippen LogP contribution in [0.3, 0.4) is 0 Å². The van der Waals surface area contributed by atoms with Gasteiger partial charge in [0.05, 0.1) is 17.1 Å². The highest BCUT2D eigenvalue weighted by atomic mass is 19.1. The number of hydrogen-bond donors (Lipinski definition) is 1. The van der Waals surface area contributed by atoms with Crippen LogP contribution in [0.4, 0.5) is 4.39 Å². The maximum absolute atomic E-state index is 13.7. The Morgan fingerprint density at radius 3 is 2.69 bits per heavy atom. The Hall–Kier alpha value is -4.77. The molecular weight excluding hydrogens is 445 g/mol. The van der Waals surface area contributed by atoms with Crippen molar-refractivity contribution in [2.75, 3.05) is 0 Å². The van der Waals surface area contributed by atoms with E-state index in [9.17, 15) is 14.0 Å². The Bertz CT molecular complexity index is 1710. The number of amides is 1. The molecule has 0 aliphatic carbocycles. The summed E-state index contributed by atoms with van der Waals surface area (Å²) in [4.78, 5) is 31.3. The predicted octanol–water partition coefficient (Wildman–Crippen LogP) is 3.95. The van der Waals surface area contributed by atoms with Gasteiger partial charge in [-0.25, -0.2) is 13.9 Å². The van der Waals surface area contributed by atoms with Crippen LogP contribution < -0.4 is 10.9 Å². The number of pyridine rings is 1. The molecule has 5 aromatic rings. The van der Waals surface area contributed by atoms with Gasteiger partial charge in [-0.15, -0.1) is 6.42 Å². The molecule has 1 amide bonds. The van der Waals surface area contributed by atoms with Gasteiger partial charge in [-0.1, -0.05) is 18.1 Å². The summed E-state index contributed by atoms with van der Waals surface area (Å²) in [6.07, 6.45) is 8.96. The molecule has 1 N–H and O–H groups in total. The number of hydrogen-bond acceptors (Lipinski definition) is 4. The summed E-state index contributed by atoms with van der Waals surface area (Å²) in [5, 5.41) is 8.34. The van der Waals surface area contributed by atoms with Gasteiger partial charge in [0, 0.05) is 29.3 Å². The molecule has 3 aromatic heterocycles. The minimum Gasteiger partial charge on any atom is -0.344 e. The second kappa shape index (κ2) is 8.54. The molecule has 0 saturated carbocycles. The third-order valence-electron chi connectivity index (χ3n) is 5.90. The van der Waals surface area contributed by atoms with Crippen molar-refractivity contribution in [3.05, 3.63) is 106 Å². The van der Waals surface area contributed by atoms with Crippen molar-refractivity contribution in [1.29, 1.82) is 0 Å². The molecule has 0 aliphatic rings. The topological polar surface area (TPSA) is 81.3 Å². The fourth-order valence-corrected chi connectivity index (χ4v) is 4.28. The Morgan fingerprint density at radius 1 is 1.17 bits per heavy atom. The lowest BCUT2D eigenvalue weighted by atomic mass is 10.0. The predicted molar refractivity (Wildman–Crippen MR) is 131 cm³/mol. The van der Waals surface area contributed by atoms with E-state index in [-0.39, 0.29) is 11.5 Å². The summed E-state index contributed by atoms with van der Waals surface area (Å²) in [5.41, 5.74) is 2.38. The quantitative estimate of drug-likeness (QED) is 0.408. The number of nitrogens with one attached hydrogen (secondary N) is 1. The van der Waals surface area contributed by atoms with E-state index in [2.05, 4.69) is 21.3 Å². The fraction of sp³-hybridized carbons (Fsp3) is 0.111. The van der Waals surface area contributed by atoms with Crippen molar-refractivity contribution in [2.24, 2.45) is 0 Å². The monoisotopic (exact) mass is 465 g/mol. The van der Waals surface area contributed by atoms with E-state index in [0.717, 1.165) is 0 Å². The molecule has 35 heavy (non-hydrogen) atoms. The van der Waals surface area contributed by atoms with Crippen molar-refractivity contribution < 1.29 is 9.18 Å². The summed E-state index contributed by atoms with van der Waals surface area (Å²) >= 11 is 0. The first-order valence-corrected chi connectivity index (χ1v) is 10.9. The first-order valence-electron chi connectivity index (χ1n) is 10.9. The fourth-order valence-electron chi connectivity index (χ4n) is 4.28. The average molecular weight is 465 g/mol. The van der Waals surface area contributed by atoms with Crippen LogP contribution in [-0.4, -0.2) is 25.1 Å². The molecule has 5 rings (SSSR count). The van der Waals surface area contributed by atoms with E-state index < -0.39 is 11.9 Å². The van der Waals surface area contributed by atoms with Gasteiger partial charge in [-0.3, -0.25) is 14.2 Å². The van der Waals surface area contributed by atoms with E-state index in [1.807, 2.05) is 6.07 Å². The van der Waals surface area contributed by atoms with E-state index in [1.165, 1.54) is 28.8 Å². The van der Waals surface area contributed by atoms with Crippen LogP contribution in [0.25, 0.3) is 22.1 Å². The van der Waals surface area contributed by atoms with E-state index in [0.29, 0.717) is 44.6 Å². The molecule has 0 spiro atoms. The number of fused-ring (bicyclic) bond motifs is 2. The number of benzene rings is 2. The number of aromatic nitrogens is 4. The Balaban J connectivity index is 1.66. The number of halogens is 1. The van der Waals surface area contributed by atoms with Gasteiger partial charge in [-0.05, 0) is 61.7 Å². The summed E-state index contributed by atoms with van der Waals surface area (Å²) in [7, 11) is 0. The van der Waals surface area contributed by atoms with Gasteiger partial charge in [0.25, 0.3) is 11.5 Å². The number of carbonyl (C=O) groups excluding carboxylic acids is 1. The zero-order valence-electron chi connectivity index (χ0n) is 19.0. The molecule has 0 saturated heterocycles. The summed E-state index contributed by atoms with van der Waals surface area (Å²) in [6, 6.07) is 13.8. The Morgan fingerprint density at radius 2 is 1.94 bits per heavy atom. The molecule has 0 bridgehead atoms. The van der Waals surface area contributed by atoms with Gasteiger partial charge in [0.2, 0.25) is 0 Å². The lowest BCUT2D eigenvalue weighted by Gasteiger charge is -2.21. The van der Waals surface area contributed by atoms with Crippen molar-refractivity contribution in [1.82, 2.24) is 24.5 Å². The minimum atomic E-state index is -0.600. The molecule has 7 nitrogen and oxygen atoms in total. The number of aryl methyl sites for hydroxylation is 1. The average Bonchev–Trinajstić information content (AvgIpc) is 3.19. The second-order valence-corrected chi connectivity index (χ2v) is 8.14. The molecule has 0 radical (unpaired) electrons. The molecule has 0 aliphatic heterocycles. The van der Waals surface area contributed by atoms with Crippen molar-refractivity contribution in [3.8, 4) is 18.0 Å². The highest BCUT2D eigenvalue weighted by molar-refractivity contribution is 6.01. The number of terminal acetylenes is 1. The molecule has 8 heteroatoms. The highest BCUT2D eigenvalue weighted by Crippen LogP contribution is 2.24. The lowest BCUT2D eigenvalue weighted by Crippen LogP contribution is -2.32. The third kappa shape index (κ3) is 3.73. The number of nitrogens with zero attached hydrogens (tertiary/aromatic N) is 4. The molecule has 1 atom stereocenters. The second-order valence-electron chi connectivity index (χ2n) is 8.14. The molecule has 3 heterocycles. The van der Waals surface area contributed by atoms with Gasteiger partial charge in [-0.2, -0.15) is 5.10 Å². The van der Waals surface area contributed by atoms with Gasteiger partial charge in [0.15, 0.2) is 5.65 Å². The Labute approximate surface area is 199 Å². The molecule has 172 valence electrons. The molecule has 0 fully saturated rings. The first-order chi connectivity index (χ1) is 16.9.